The van der Waals surface area contributed by atoms with Crippen molar-refractivity contribution in [2.45, 2.75) is 42.6 Å². The van der Waals surface area contributed by atoms with Crippen LogP contribution >= 0.6 is 11.8 Å². The maximum Gasteiger partial charge on any atom is 0.269 e. The van der Waals surface area contributed by atoms with Crippen molar-refractivity contribution in [1.29, 1.82) is 0 Å². The largest absolute Gasteiger partial charge is 0.284 e. The zero-order chi connectivity index (χ0) is 18.8. The lowest BCUT2D eigenvalue weighted by Crippen LogP contribution is -2.26. The van der Waals surface area contributed by atoms with Gasteiger partial charge in [-0.25, -0.2) is 4.98 Å². The van der Waals surface area contributed by atoms with Gasteiger partial charge in [0.15, 0.2) is 5.16 Å². The summed E-state index contributed by atoms with van der Waals surface area (Å²) in [7, 11) is 0. The molecule has 0 aliphatic heterocycles. The second-order valence-electron chi connectivity index (χ2n) is 6.74. The highest BCUT2D eigenvalue weighted by Crippen LogP contribution is 2.33. The van der Waals surface area contributed by atoms with Crippen molar-refractivity contribution in [3.8, 4) is 0 Å². The first-order valence-electron chi connectivity index (χ1n) is 9.01. The standard InChI is InChI=1S/C20H19N3O3S/c24-19-17-7-3-4-8-18(17)21-20(22(19)15-5-1-2-6-15)27-13-14-9-11-16(12-10-14)23(25)26/h3-4,7-12,15H,1-2,5-6,13H2. The van der Waals surface area contributed by atoms with Crippen LogP contribution in [-0.2, 0) is 5.75 Å². The SMILES string of the molecule is O=c1c2ccccc2nc(SCc2ccc([N+](=O)[O-])cc2)n1C1CCCC1. The molecule has 0 N–H and O–H groups in total. The van der Waals surface area contributed by atoms with Crippen LogP contribution in [0.2, 0.25) is 0 Å². The average molecular weight is 381 g/mol. The van der Waals surface area contributed by atoms with Crippen molar-refractivity contribution < 1.29 is 4.92 Å². The Morgan fingerprint density at radius 2 is 1.81 bits per heavy atom. The number of hydrogen-bond acceptors (Lipinski definition) is 5. The Labute approximate surface area is 160 Å². The van der Waals surface area contributed by atoms with Gasteiger partial charge in [-0.2, -0.15) is 0 Å². The van der Waals surface area contributed by atoms with Crippen molar-refractivity contribution in [3.05, 3.63) is 74.6 Å². The first kappa shape index (κ1) is 17.7. The summed E-state index contributed by atoms with van der Waals surface area (Å²) in [6.45, 7) is 0. The molecular formula is C20H19N3O3S. The molecule has 1 fully saturated rings. The predicted molar refractivity (Wildman–Crippen MR) is 106 cm³/mol. The average Bonchev–Trinajstić information content (AvgIpc) is 3.21. The Morgan fingerprint density at radius 3 is 2.52 bits per heavy atom. The number of aromatic nitrogens is 2. The van der Waals surface area contributed by atoms with Crippen LogP contribution in [0, 0.1) is 10.1 Å². The fourth-order valence-corrected chi connectivity index (χ4v) is 4.60. The minimum Gasteiger partial charge on any atom is -0.284 e. The number of nitro benzene ring substituents is 1. The maximum atomic E-state index is 13.1. The summed E-state index contributed by atoms with van der Waals surface area (Å²) in [5, 5.41) is 12.2. The van der Waals surface area contributed by atoms with Crippen LogP contribution in [0.1, 0.15) is 37.3 Å². The molecule has 1 aliphatic rings. The molecule has 0 atom stereocenters. The monoisotopic (exact) mass is 381 g/mol. The van der Waals surface area contributed by atoms with E-state index in [0.29, 0.717) is 16.7 Å². The van der Waals surface area contributed by atoms with E-state index in [1.54, 1.807) is 12.1 Å². The summed E-state index contributed by atoms with van der Waals surface area (Å²) < 4.78 is 1.87. The van der Waals surface area contributed by atoms with Crippen molar-refractivity contribution in [2.24, 2.45) is 0 Å². The summed E-state index contributed by atoms with van der Waals surface area (Å²) >= 11 is 1.51. The van der Waals surface area contributed by atoms with Crippen LogP contribution in [0.3, 0.4) is 0 Å². The molecule has 2 aromatic carbocycles. The van der Waals surface area contributed by atoms with Gasteiger partial charge in [0.1, 0.15) is 0 Å². The number of fused-ring (bicyclic) bond motifs is 1. The summed E-state index contributed by atoms with van der Waals surface area (Å²) in [5.74, 6) is 0.607. The second-order valence-corrected chi connectivity index (χ2v) is 7.68. The lowest BCUT2D eigenvalue weighted by Gasteiger charge is -2.18. The Morgan fingerprint density at radius 1 is 1.11 bits per heavy atom. The summed E-state index contributed by atoms with van der Waals surface area (Å²) in [6, 6.07) is 14.2. The molecule has 0 saturated heterocycles. The number of non-ortho nitro benzene ring substituents is 1. The van der Waals surface area contributed by atoms with Crippen LogP contribution in [0.4, 0.5) is 5.69 Å². The molecule has 1 saturated carbocycles. The summed E-state index contributed by atoms with van der Waals surface area (Å²) in [4.78, 5) is 28.3. The van der Waals surface area contributed by atoms with Crippen molar-refractivity contribution in [1.82, 2.24) is 9.55 Å². The van der Waals surface area contributed by atoms with E-state index in [-0.39, 0.29) is 17.3 Å². The van der Waals surface area contributed by atoms with Gasteiger partial charge < -0.3 is 0 Å². The van der Waals surface area contributed by atoms with Crippen LogP contribution < -0.4 is 5.56 Å². The van der Waals surface area contributed by atoms with Gasteiger partial charge >= 0.3 is 0 Å². The minimum absolute atomic E-state index is 0.0266. The van der Waals surface area contributed by atoms with Gasteiger partial charge in [0.2, 0.25) is 0 Å². The normalized spacial score (nSPS) is 14.7. The highest BCUT2D eigenvalue weighted by Gasteiger charge is 2.23. The number of benzene rings is 2. The molecule has 1 aliphatic carbocycles. The van der Waals surface area contributed by atoms with E-state index in [2.05, 4.69) is 0 Å². The van der Waals surface area contributed by atoms with Crippen molar-refractivity contribution in [2.75, 3.05) is 0 Å². The third-order valence-electron chi connectivity index (χ3n) is 4.98. The fourth-order valence-electron chi connectivity index (χ4n) is 3.57. The molecule has 6 nitrogen and oxygen atoms in total. The van der Waals surface area contributed by atoms with E-state index in [9.17, 15) is 14.9 Å². The number of para-hydroxylation sites is 1. The van der Waals surface area contributed by atoms with Gasteiger partial charge in [0.05, 0.1) is 15.8 Å². The topological polar surface area (TPSA) is 78.0 Å². The Kier molecular flexibility index (Phi) is 4.94. The van der Waals surface area contributed by atoms with Crippen molar-refractivity contribution >= 4 is 28.4 Å². The predicted octanol–water partition coefficient (Wildman–Crippen LogP) is 4.71. The summed E-state index contributed by atoms with van der Waals surface area (Å²) in [5.41, 5.74) is 1.78. The van der Waals surface area contributed by atoms with Gasteiger partial charge in [0.25, 0.3) is 11.2 Å². The second kappa shape index (κ2) is 7.52. The molecule has 0 bridgehead atoms. The van der Waals surface area contributed by atoms with Crippen LogP contribution in [0.5, 0.6) is 0 Å². The number of hydrogen-bond donors (Lipinski definition) is 0. The highest BCUT2D eigenvalue weighted by molar-refractivity contribution is 7.98. The first-order chi connectivity index (χ1) is 13.1. The third-order valence-corrected chi connectivity index (χ3v) is 6.00. The molecule has 3 aromatic rings. The Balaban J connectivity index is 1.68. The maximum absolute atomic E-state index is 13.1. The molecule has 0 amide bonds. The lowest BCUT2D eigenvalue weighted by atomic mass is 10.2. The van der Waals surface area contributed by atoms with Gasteiger partial charge in [-0.05, 0) is 30.5 Å². The molecular weight excluding hydrogens is 362 g/mol. The van der Waals surface area contributed by atoms with E-state index in [1.807, 2.05) is 28.8 Å². The lowest BCUT2D eigenvalue weighted by molar-refractivity contribution is -0.384. The zero-order valence-electron chi connectivity index (χ0n) is 14.7. The smallest absolute Gasteiger partial charge is 0.269 e. The zero-order valence-corrected chi connectivity index (χ0v) is 15.5. The molecule has 0 radical (unpaired) electrons. The summed E-state index contributed by atoms with van der Waals surface area (Å²) in [6.07, 6.45) is 4.28. The van der Waals surface area contributed by atoms with Crippen molar-refractivity contribution in [3.63, 3.8) is 0 Å². The third kappa shape index (κ3) is 3.60. The molecule has 1 aromatic heterocycles. The Hall–Kier alpha value is -2.67. The number of nitro groups is 1. The molecule has 7 heteroatoms. The van der Waals surface area contributed by atoms with Gasteiger partial charge in [-0.3, -0.25) is 19.5 Å². The number of rotatable bonds is 5. The minimum atomic E-state index is -0.403. The Bertz CT molecular complexity index is 1040. The molecule has 4 rings (SSSR count). The molecule has 27 heavy (non-hydrogen) atoms. The number of thioether (sulfide) groups is 1. The van der Waals surface area contributed by atoms with E-state index in [0.717, 1.165) is 36.4 Å². The fraction of sp³-hybridized carbons (Fsp3) is 0.300. The van der Waals surface area contributed by atoms with E-state index < -0.39 is 4.92 Å². The van der Waals surface area contributed by atoms with Crippen LogP contribution in [0.25, 0.3) is 10.9 Å². The first-order valence-corrected chi connectivity index (χ1v) is 9.99. The van der Waals surface area contributed by atoms with E-state index in [4.69, 9.17) is 4.98 Å². The van der Waals surface area contributed by atoms with Gasteiger partial charge in [-0.1, -0.05) is 48.9 Å². The molecule has 0 unspecified atom stereocenters. The quantitative estimate of drug-likeness (QED) is 0.277. The number of nitrogens with zero attached hydrogens (tertiary/aromatic N) is 3. The molecule has 138 valence electrons. The van der Waals surface area contributed by atoms with Crippen LogP contribution in [0.15, 0.2) is 58.5 Å². The van der Waals surface area contributed by atoms with E-state index in [1.165, 1.54) is 23.9 Å². The molecule has 0 spiro atoms. The molecule has 1 heterocycles. The van der Waals surface area contributed by atoms with Crippen LogP contribution in [-0.4, -0.2) is 14.5 Å². The van der Waals surface area contributed by atoms with E-state index >= 15 is 0 Å². The highest BCUT2D eigenvalue weighted by atomic mass is 32.2. The van der Waals surface area contributed by atoms with Gasteiger partial charge in [0, 0.05) is 23.9 Å². The van der Waals surface area contributed by atoms with Gasteiger partial charge in [-0.15, -0.1) is 0 Å².